The van der Waals surface area contributed by atoms with Crippen molar-refractivity contribution < 1.29 is 27.1 Å². The van der Waals surface area contributed by atoms with Crippen LogP contribution < -0.4 is 11.1 Å². The zero-order valence-corrected chi connectivity index (χ0v) is 16.3. The summed E-state index contributed by atoms with van der Waals surface area (Å²) in [5.74, 6) is -4.79. The molecule has 0 bridgehead atoms. The summed E-state index contributed by atoms with van der Waals surface area (Å²) in [5, 5.41) is 2.49. The molecule has 1 aromatic heterocycles. The van der Waals surface area contributed by atoms with E-state index in [1.54, 1.807) is 0 Å². The lowest BCUT2D eigenvalue weighted by atomic mass is 9.77. The molecule has 0 spiro atoms. The number of amidine groups is 1. The molecule has 1 atom stereocenters. The van der Waals surface area contributed by atoms with Crippen LogP contribution >= 0.6 is 0 Å². The lowest BCUT2D eigenvalue weighted by Crippen LogP contribution is -2.62. The number of nitrogens with two attached hydrogens (primary N) is 1. The van der Waals surface area contributed by atoms with E-state index in [0.717, 1.165) is 32.9 Å². The Kier molecular flexibility index (Phi) is 4.84. The van der Waals surface area contributed by atoms with Crippen molar-refractivity contribution >= 4 is 17.6 Å². The van der Waals surface area contributed by atoms with Gasteiger partial charge in [-0.2, -0.15) is 8.78 Å². The Hall–Kier alpha value is -3.04. The molecule has 0 unspecified atom stereocenters. The van der Waals surface area contributed by atoms with Crippen molar-refractivity contribution in [2.24, 2.45) is 10.7 Å². The van der Waals surface area contributed by atoms with Crippen molar-refractivity contribution in [3.05, 3.63) is 47.4 Å². The first-order chi connectivity index (χ1) is 13.4. The predicted octanol–water partition coefficient (Wildman–Crippen LogP) is 3.60. The van der Waals surface area contributed by atoms with Crippen LogP contribution in [-0.2, 0) is 16.7 Å². The molecule has 29 heavy (non-hydrogen) atoms. The Morgan fingerprint density at radius 1 is 1.28 bits per heavy atom. The number of aliphatic imine (C=N–C) groups is 1. The Morgan fingerprint density at radius 3 is 2.59 bits per heavy atom. The molecule has 10 heteroatoms. The molecular formula is C19H21F3N4O3. The van der Waals surface area contributed by atoms with Crippen molar-refractivity contribution in [3.8, 4) is 0 Å². The summed E-state index contributed by atoms with van der Waals surface area (Å²) in [6.45, 7) is 5.17. The Balaban J connectivity index is 2.00. The summed E-state index contributed by atoms with van der Waals surface area (Å²) in [5.41, 5.74) is 0.865. The standard InChI is InChI=1S/C19H21F3N4O3/c1-5-14-25-13(9-28-14)15(27)24-10-6-7-12(20)11(8-10)18(4)19(21,22)17(2,3)29-16(23)26-18/h6-9H,5H2,1-4H3,(H2,23,26)(H,24,27)/t18-/m1/s1. The fraction of sp³-hybridized carbons (Fsp3) is 0.421. The number of carbonyl (C=O) groups is 1. The van der Waals surface area contributed by atoms with Gasteiger partial charge in [-0.3, -0.25) is 4.79 Å². The van der Waals surface area contributed by atoms with E-state index in [2.05, 4.69) is 15.3 Å². The number of hydrogen-bond donors (Lipinski definition) is 2. The molecular weight excluding hydrogens is 389 g/mol. The van der Waals surface area contributed by atoms with Crippen molar-refractivity contribution in [2.45, 2.75) is 51.2 Å². The maximum Gasteiger partial charge on any atom is 0.315 e. The van der Waals surface area contributed by atoms with Crippen LogP contribution in [0.15, 0.2) is 33.9 Å². The molecule has 1 aromatic carbocycles. The maximum absolute atomic E-state index is 15.2. The van der Waals surface area contributed by atoms with E-state index in [9.17, 15) is 9.18 Å². The normalized spacial score (nSPS) is 22.5. The van der Waals surface area contributed by atoms with Crippen molar-refractivity contribution in [1.82, 2.24) is 4.98 Å². The predicted molar refractivity (Wildman–Crippen MR) is 99.3 cm³/mol. The lowest BCUT2D eigenvalue weighted by molar-refractivity contribution is -0.207. The smallest absolute Gasteiger partial charge is 0.315 e. The first-order valence-corrected chi connectivity index (χ1v) is 8.89. The largest absolute Gasteiger partial charge is 0.453 e. The summed E-state index contributed by atoms with van der Waals surface area (Å²) in [7, 11) is 0. The van der Waals surface area contributed by atoms with E-state index >= 15 is 8.78 Å². The van der Waals surface area contributed by atoms with Gasteiger partial charge in [-0.25, -0.2) is 14.4 Å². The Morgan fingerprint density at radius 2 is 1.97 bits per heavy atom. The average molecular weight is 410 g/mol. The number of nitrogens with one attached hydrogen (secondary N) is 1. The fourth-order valence-electron chi connectivity index (χ4n) is 3.20. The van der Waals surface area contributed by atoms with E-state index in [1.807, 2.05) is 6.92 Å². The molecule has 0 aliphatic carbocycles. The van der Waals surface area contributed by atoms with Crippen LogP contribution in [0.4, 0.5) is 18.9 Å². The van der Waals surface area contributed by atoms with Gasteiger partial charge in [-0.1, -0.05) is 6.92 Å². The quantitative estimate of drug-likeness (QED) is 0.802. The van der Waals surface area contributed by atoms with Crippen LogP contribution in [0.1, 0.15) is 49.6 Å². The number of ether oxygens (including phenoxy) is 1. The van der Waals surface area contributed by atoms with Gasteiger partial charge >= 0.3 is 5.92 Å². The summed E-state index contributed by atoms with van der Waals surface area (Å²) in [4.78, 5) is 20.1. The van der Waals surface area contributed by atoms with Crippen LogP contribution in [0.3, 0.4) is 0 Å². The van der Waals surface area contributed by atoms with Gasteiger partial charge < -0.3 is 20.2 Å². The molecule has 0 saturated heterocycles. The highest BCUT2D eigenvalue weighted by atomic mass is 19.3. The topological polar surface area (TPSA) is 103 Å². The highest BCUT2D eigenvalue weighted by molar-refractivity contribution is 6.02. The molecule has 1 aliphatic heterocycles. The number of rotatable bonds is 4. The van der Waals surface area contributed by atoms with Gasteiger partial charge in [-0.15, -0.1) is 0 Å². The second-order valence-electron chi connectivity index (χ2n) is 7.34. The van der Waals surface area contributed by atoms with Crippen LogP contribution in [0.25, 0.3) is 0 Å². The van der Waals surface area contributed by atoms with Crippen LogP contribution in [-0.4, -0.2) is 28.4 Å². The minimum Gasteiger partial charge on any atom is -0.453 e. The first-order valence-electron chi connectivity index (χ1n) is 8.89. The zero-order valence-electron chi connectivity index (χ0n) is 16.3. The summed E-state index contributed by atoms with van der Waals surface area (Å²) in [6.07, 6.45) is 1.68. The van der Waals surface area contributed by atoms with Crippen molar-refractivity contribution in [3.63, 3.8) is 0 Å². The first kappa shape index (κ1) is 20.7. The number of aromatic nitrogens is 1. The van der Waals surface area contributed by atoms with Gasteiger partial charge in [0, 0.05) is 17.7 Å². The van der Waals surface area contributed by atoms with E-state index in [1.165, 1.54) is 12.3 Å². The number of nitrogens with zero attached hydrogens (tertiary/aromatic N) is 2. The molecule has 1 aliphatic rings. The highest BCUT2D eigenvalue weighted by Crippen LogP contribution is 2.51. The van der Waals surface area contributed by atoms with E-state index in [0.29, 0.717) is 12.3 Å². The molecule has 0 saturated carbocycles. The summed E-state index contributed by atoms with van der Waals surface area (Å²) < 4.78 is 55.1. The number of alkyl halides is 2. The van der Waals surface area contributed by atoms with Gasteiger partial charge in [0.05, 0.1) is 0 Å². The Bertz CT molecular complexity index is 987. The molecule has 2 heterocycles. The number of carbonyl (C=O) groups excluding carboxylic acids is 1. The molecule has 0 fully saturated rings. The number of anilines is 1. The third-order valence-electron chi connectivity index (χ3n) is 4.90. The third-order valence-corrected chi connectivity index (χ3v) is 4.90. The maximum atomic E-state index is 15.2. The minimum atomic E-state index is -3.62. The summed E-state index contributed by atoms with van der Waals surface area (Å²) >= 11 is 0. The number of oxazole rings is 1. The van der Waals surface area contributed by atoms with Crippen LogP contribution in [0.2, 0.25) is 0 Å². The zero-order chi connectivity index (χ0) is 21.6. The van der Waals surface area contributed by atoms with Gasteiger partial charge in [0.15, 0.2) is 22.7 Å². The second-order valence-corrected chi connectivity index (χ2v) is 7.34. The minimum absolute atomic E-state index is 0.0127. The van der Waals surface area contributed by atoms with Crippen molar-refractivity contribution in [1.29, 1.82) is 0 Å². The second kappa shape index (κ2) is 6.78. The van der Waals surface area contributed by atoms with Gasteiger partial charge in [0.2, 0.25) is 0 Å². The van der Waals surface area contributed by atoms with Crippen LogP contribution in [0.5, 0.6) is 0 Å². The molecule has 1 amide bonds. The van der Waals surface area contributed by atoms with E-state index in [-0.39, 0.29) is 11.4 Å². The Labute approximate surface area is 165 Å². The molecule has 7 nitrogen and oxygen atoms in total. The molecule has 156 valence electrons. The molecule has 3 N–H and O–H groups in total. The fourth-order valence-corrected chi connectivity index (χ4v) is 3.20. The SMILES string of the molecule is CCc1nc(C(=O)Nc2ccc(F)c([C@@]3(C)N=C(N)OC(C)(C)C3(F)F)c2)co1. The monoisotopic (exact) mass is 410 g/mol. The van der Waals surface area contributed by atoms with Gasteiger partial charge in [-0.05, 0) is 39.0 Å². The number of hydrogen-bond acceptors (Lipinski definition) is 6. The van der Waals surface area contributed by atoms with Gasteiger partial charge in [0.25, 0.3) is 11.9 Å². The van der Waals surface area contributed by atoms with E-state index in [4.69, 9.17) is 14.9 Å². The highest BCUT2D eigenvalue weighted by Gasteiger charge is 2.66. The average Bonchev–Trinajstić information content (AvgIpc) is 3.10. The molecule has 2 aromatic rings. The number of aryl methyl sites for hydroxylation is 1. The summed E-state index contributed by atoms with van der Waals surface area (Å²) in [6, 6.07) is 2.84. The van der Waals surface area contributed by atoms with Crippen LogP contribution in [0, 0.1) is 5.82 Å². The van der Waals surface area contributed by atoms with Crippen molar-refractivity contribution in [2.75, 3.05) is 5.32 Å². The van der Waals surface area contributed by atoms with E-state index < -0.39 is 40.4 Å². The van der Waals surface area contributed by atoms with Gasteiger partial charge in [0.1, 0.15) is 12.1 Å². The number of benzene rings is 1. The number of halogens is 3. The lowest BCUT2D eigenvalue weighted by Gasteiger charge is -2.46. The molecule has 0 radical (unpaired) electrons. The number of amides is 1. The third kappa shape index (κ3) is 3.32. The molecule has 3 rings (SSSR count).